The molecule has 0 aromatic heterocycles. The number of carboxylic acids is 1. The summed E-state index contributed by atoms with van der Waals surface area (Å²) in [6.45, 7) is 4.01. The first-order valence-electron chi connectivity index (χ1n) is 7.98. The van der Waals surface area contributed by atoms with Gasteiger partial charge in [0, 0.05) is 12.1 Å². The first-order chi connectivity index (χ1) is 12.4. The van der Waals surface area contributed by atoms with Crippen LogP contribution in [0.1, 0.15) is 21.5 Å². The number of nitro groups is 1. The van der Waals surface area contributed by atoms with Gasteiger partial charge in [0.05, 0.1) is 10.5 Å². The van der Waals surface area contributed by atoms with Crippen molar-refractivity contribution in [1.29, 1.82) is 0 Å². The van der Waals surface area contributed by atoms with E-state index in [0.29, 0.717) is 5.56 Å². The van der Waals surface area contributed by atoms with Crippen LogP contribution in [0, 0.1) is 24.0 Å². The van der Waals surface area contributed by atoms with Gasteiger partial charge in [0.1, 0.15) is 0 Å². The van der Waals surface area contributed by atoms with E-state index in [1.54, 1.807) is 12.1 Å². The van der Waals surface area contributed by atoms with Crippen LogP contribution in [-0.4, -0.2) is 16.0 Å². The summed E-state index contributed by atoms with van der Waals surface area (Å²) in [6.07, 6.45) is 0. The highest BCUT2D eigenvalue weighted by molar-refractivity contribution is 5.90. The van der Waals surface area contributed by atoms with E-state index >= 15 is 0 Å². The molecule has 5 heteroatoms. The summed E-state index contributed by atoms with van der Waals surface area (Å²) in [4.78, 5) is 21.2. The number of benzene rings is 3. The van der Waals surface area contributed by atoms with Crippen LogP contribution in [-0.2, 0) is 0 Å². The fraction of sp³-hybridized carbons (Fsp3) is 0.0952. The zero-order valence-electron chi connectivity index (χ0n) is 14.5. The van der Waals surface area contributed by atoms with E-state index in [1.807, 2.05) is 37.3 Å². The molecule has 0 radical (unpaired) electrons. The number of non-ortho nitro benzene ring substituents is 1. The fourth-order valence-corrected chi connectivity index (χ4v) is 2.29. The quantitative estimate of drug-likeness (QED) is 0.516. The van der Waals surface area contributed by atoms with E-state index in [-0.39, 0.29) is 11.3 Å². The predicted molar refractivity (Wildman–Crippen MR) is 101 cm³/mol. The van der Waals surface area contributed by atoms with E-state index < -0.39 is 10.9 Å². The highest BCUT2D eigenvalue weighted by Gasteiger charge is 2.14. The number of nitro benzene ring substituents is 1. The smallest absolute Gasteiger partial charge is 0.335 e. The lowest BCUT2D eigenvalue weighted by atomic mass is 10.0. The summed E-state index contributed by atoms with van der Waals surface area (Å²) in [5, 5.41) is 19.8. The Labute approximate surface area is 151 Å². The largest absolute Gasteiger partial charge is 0.478 e. The zero-order valence-corrected chi connectivity index (χ0v) is 14.5. The third-order valence-corrected chi connectivity index (χ3v) is 3.70. The Bertz CT molecular complexity index is 871. The van der Waals surface area contributed by atoms with Gasteiger partial charge in [0.2, 0.25) is 0 Å². The first-order valence-corrected chi connectivity index (χ1v) is 7.98. The third-order valence-electron chi connectivity index (χ3n) is 3.70. The number of hydrogen-bond acceptors (Lipinski definition) is 3. The van der Waals surface area contributed by atoms with Crippen LogP contribution in [0.15, 0.2) is 72.8 Å². The fourth-order valence-electron chi connectivity index (χ4n) is 2.29. The van der Waals surface area contributed by atoms with Gasteiger partial charge in [-0.3, -0.25) is 10.1 Å². The van der Waals surface area contributed by atoms with Crippen molar-refractivity contribution >= 4 is 11.7 Å². The zero-order chi connectivity index (χ0) is 19.1. The van der Waals surface area contributed by atoms with Crippen molar-refractivity contribution in [3.8, 4) is 11.1 Å². The van der Waals surface area contributed by atoms with Crippen molar-refractivity contribution in [3.63, 3.8) is 0 Å². The third kappa shape index (κ3) is 5.27. The van der Waals surface area contributed by atoms with Gasteiger partial charge < -0.3 is 5.11 Å². The van der Waals surface area contributed by atoms with E-state index in [1.165, 1.54) is 17.7 Å². The minimum atomic E-state index is -1.18. The van der Waals surface area contributed by atoms with Crippen molar-refractivity contribution in [2.75, 3.05) is 0 Å². The van der Waals surface area contributed by atoms with Crippen molar-refractivity contribution in [3.05, 3.63) is 99.6 Å². The van der Waals surface area contributed by atoms with Gasteiger partial charge in [0.25, 0.3) is 5.69 Å². The lowest BCUT2D eigenvalue weighted by molar-refractivity contribution is -0.384. The number of nitrogens with zero attached hydrogens (tertiary/aromatic N) is 1. The number of rotatable bonds is 3. The Morgan fingerprint density at radius 1 is 0.846 bits per heavy atom. The Kier molecular flexibility index (Phi) is 6.22. The summed E-state index contributed by atoms with van der Waals surface area (Å²) in [6, 6.07) is 21.5. The second-order valence-electron chi connectivity index (χ2n) is 5.85. The minimum Gasteiger partial charge on any atom is -0.478 e. The standard InChI is InChI=1S/C14H11NO4.C7H8/c1-9-2-4-10(5-3-9)11-6-12(14(16)17)8-13(7-11)15(18)19;1-7-5-3-2-4-6-7/h2-8H,1H3,(H,16,17);2-6H,1H3. The Balaban J connectivity index is 0.000000290. The molecule has 26 heavy (non-hydrogen) atoms. The summed E-state index contributed by atoms with van der Waals surface area (Å²) in [5.74, 6) is -1.18. The summed E-state index contributed by atoms with van der Waals surface area (Å²) in [5.41, 5.74) is 3.33. The normalized spacial score (nSPS) is 9.77. The topological polar surface area (TPSA) is 80.4 Å². The number of aromatic carboxylic acids is 1. The summed E-state index contributed by atoms with van der Waals surface area (Å²) in [7, 11) is 0. The lowest BCUT2D eigenvalue weighted by Gasteiger charge is -2.04. The number of hydrogen-bond donors (Lipinski definition) is 1. The molecule has 132 valence electrons. The molecule has 0 heterocycles. The minimum absolute atomic E-state index is 0.0928. The highest BCUT2D eigenvalue weighted by atomic mass is 16.6. The van der Waals surface area contributed by atoms with Crippen molar-refractivity contribution < 1.29 is 14.8 Å². The second kappa shape index (κ2) is 8.58. The van der Waals surface area contributed by atoms with E-state index in [9.17, 15) is 14.9 Å². The summed E-state index contributed by atoms with van der Waals surface area (Å²) >= 11 is 0. The maximum absolute atomic E-state index is 11.0. The van der Waals surface area contributed by atoms with Crippen LogP contribution >= 0.6 is 0 Å². The molecule has 0 aliphatic heterocycles. The predicted octanol–water partition coefficient (Wildman–Crippen LogP) is 5.26. The van der Waals surface area contributed by atoms with Crippen molar-refractivity contribution in [2.45, 2.75) is 13.8 Å². The maximum Gasteiger partial charge on any atom is 0.335 e. The Morgan fingerprint density at radius 3 is 1.88 bits per heavy atom. The van der Waals surface area contributed by atoms with E-state index in [0.717, 1.165) is 17.2 Å². The molecule has 0 saturated heterocycles. The molecule has 0 unspecified atom stereocenters. The molecule has 0 atom stereocenters. The van der Waals surface area contributed by atoms with Gasteiger partial charge in [-0.2, -0.15) is 0 Å². The average Bonchev–Trinajstić information content (AvgIpc) is 2.63. The van der Waals surface area contributed by atoms with Crippen molar-refractivity contribution in [1.82, 2.24) is 0 Å². The molecule has 0 saturated carbocycles. The molecular weight excluding hydrogens is 330 g/mol. The first kappa shape index (κ1) is 18.9. The van der Waals surface area contributed by atoms with Crippen LogP contribution in [0.3, 0.4) is 0 Å². The molecule has 0 spiro atoms. The van der Waals surface area contributed by atoms with Gasteiger partial charge in [-0.15, -0.1) is 0 Å². The molecule has 0 aliphatic rings. The number of aryl methyl sites for hydroxylation is 2. The van der Waals surface area contributed by atoms with E-state index in [2.05, 4.69) is 19.1 Å². The number of carbonyl (C=O) groups is 1. The molecule has 3 aromatic carbocycles. The van der Waals surface area contributed by atoms with Gasteiger partial charge in [-0.1, -0.05) is 65.7 Å². The monoisotopic (exact) mass is 349 g/mol. The van der Waals surface area contributed by atoms with Crippen molar-refractivity contribution in [2.24, 2.45) is 0 Å². The van der Waals surface area contributed by atoms with Crippen LogP contribution in [0.25, 0.3) is 11.1 Å². The molecule has 3 rings (SSSR count). The summed E-state index contributed by atoms with van der Waals surface area (Å²) < 4.78 is 0. The van der Waals surface area contributed by atoms with Gasteiger partial charge in [0.15, 0.2) is 0 Å². The second-order valence-corrected chi connectivity index (χ2v) is 5.85. The molecule has 3 aromatic rings. The Hall–Kier alpha value is -3.47. The van der Waals surface area contributed by atoms with E-state index in [4.69, 9.17) is 5.11 Å². The Morgan fingerprint density at radius 2 is 1.42 bits per heavy atom. The van der Waals surface area contributed by atoms with Crippen LogP contribution in [0.2, 0.25) is 0 Å². The molecule has 0 amide bonds. The molecule has 5 nitrogen and oxygen atoms in total. The number of carboxylic acid groups (broad SMARTS) is 1. The maximum atomic E-state index is 11.0. The molecular formula is C21H19NO4. The van der Waals surface area contributed by atoms with Crippen LogP contribution in [0.4, 0.5) is 5.69 Å². The van der Waals surface area contributed by atoms with Crippen LogP contribution < -0.4 is 0 Å². The lowest BCUT2D eigenvalue weighted by Crippen LogP contribution is -1.99. The molecule has 1 N–H and O–H groups in total. The van der Waals surface area contributed by atoms with Gasteiger partial charge in [-0.25, -0.2) is 4.79 Å². The van der Waals surface area contributed by atoms with Gasteiger partial charge >= 0.3 is 5.97 Å². The van der Waals surface area contributed by atoms with Gasteiger partial charge in [-0.05, 0) is 31.0 Å². The molecule has 0 fully saturated rings. The highest BCUT2D eigenvalue weighted by Crippen LogP contribution is 2.26. The van der Waals surface area contributed by atoms with Crippen LogP contribution in [0.5, 0.6) is 0 Å². The molecule has 0 bridgehead atoms. The molecule has 0 aliphatic carbocycles. The average molecular weight is 349 g/mol. The SMILES string of the molecule is Cc1ccc(-c2cc(C(=O)O)cc([N+](=O)[O-])c2)cc1.Cc1ccccc1.